The van der Waals surface area contributed by atoms with Gasteiger partial charge in [0.25, 0.3) is 0 Å². The van der Waals surface area contributed by atoms with Gasteiger partial charge in [-0.3, -0.25) is 0 Å². The first kappa shape index (κ1) is 11.3. The SMILES string of the molecule is CCC1(OC)OC(CS)C(O)C1O. The summed E-state index contributed by atoms with van der Waals surface area (Å²) in [6.45, 7) is 1.83. The van der Waals surface area contributed by atoms with Gasteiger partial charge in [-0.25, -0.2) is 0 Å². The Labute approximate surface area is 83.3 Å². The third-order valence-corrected chi connectivity index (χ3v) is 2.88. The first-order valence-corrected chi connectivity index (χ1v) is 4.94. The molecule has 0 aromatic heterocycles. The fourth-order valence-corrected chi connectivity index (χ4v) is 1.90. The number of rotatable bonds is 3. The van der Waals surface area contributed by atoms with Crippen molar-refractivity contribution in [1.29, 1.82) is 0 Å². The number of methoxy groups -OCH3 is 1. The van der Waals surface area contributed by atoms with Gasteiger partial charge < -0.3 is 19.7 Å². The molecule has 2 N–H and O–H groups in total. The maximum Gasteiger partial charge on any atom is 0.196 e. The smallest absolute Gasteiger partial charge is 0.196 e. The van der Waals surface area contributed by atoms with Crippen molar-refractivity contribution in [1.82, 2.24) is 0 Å². The fraction of sp³-hybridized carbons (Fsp3) is 1.00. The third-order valence-electron chi connectivity index (χ3n) is 2.52. The molecule has 4 atom stereocenters. The summed E-state index contributed by atoms with van der Waals surface area (Å²) in [7, 11) is 1.46. The lowest BCUT2D eigenvalue weighted by Crippen LogP contribution is -2.44. The maximum atomic E-state index is 9.68. The van der Waals surface area contributed by atoms with E-state index in [1.807, 2.05) is 6.92 Å². The Morgan fingerprint density at radius 1 is 1.54 bits per heavy atom. The average molecular weight is 208 g/mol. The molecular weight excluding hydrogens is 192 g/mol. The highest BCUT2D eigenvalue weighted by atomic mass is 32.1. The van der Waals surface area contributed by atoms with Gasteiger partial charge in [-0.15, -0.1) is 0 Å². The van der Waals surface area contributed by atoms with Crippen LogP contribution in [0.1, 0.15) is 13.3 Å². The van der Waals surface area contributed by atoms with Crippen molar-refractivity contribution in [3.8, 4) is 0 Å². The summed E-state index contributed by atoms with van der Waals surface area (Å²) in [6, 6.07) is 0. The van der Waals surface area contributed by atoms with Crippen LogP contribution in [0.2, 0.25) is 0 Å². The number of hydrogen-bond acceptors (Lipinski definition) is 5. The maximum absolute atomic E-state index is 9.68. The van der Waals surface area contributed by atoms with Crippen LogP contribution < -0.4 is 0 Å². The molecule has 0 spiro atoms. The Kier molecular flexibility index (Phi) is 3.59. The van der Waals surface area contributed by atoms with E-state index in [2.05, 4.69) is 12.6 Å². The van der Waals surface area contributed by atoms with Crippen LogP contribution in [0.15, 0.2) is 0 Å². The minimum absolute atomic E-state index is 0.364. The van der Waals surface area contributed by atoms with Gasteiger partial charge in [0.05, 0.1) is 6.10 Å². The van der Waals surface area contributed by atoms with Gasteiger partial charge in [0.15, 0.2) is 5.79 Å². The molecule has 5 heteroatoms. The summed E-state index contributed by atoms with van der Waals surface area (Å²) in [6.07, 6.45) is -1.89. The van der Waals surface area contributed by atoms with Crippen molar-refractivity contribution in [3.05, 3.63) is 0 Å². The number of thiol groups is 1. The molecule has 0 amide bonds. The second-order valence-electron chi connectivity index (χ2n) is 3.14. The van der Waals surface area contributed by atoms with Crippen molar-refractivity contribution >= 4 is 12.6 Å². The molecule has 0 aromatic rings. The Balaban J connectivity index is 2.79. The van der Waals surface area contributed by atoms with Crippen LogP contribution in [-0.4, -0.2) is 47.2 Å². The summed E-state index contributed by atoms with van der Waals surface area (Å²) in [5.74, 6) is -0.698. The standard InChI is InChI=1S/C8H16O4S/c1-3-8(11-2)7(10)6(9)5(4-13)12-8/h5-7,9-10,13H,3-4H2,1-2H3. The van der Waals surface area contributed by atoms with Crippen LogP contribution in [0.25, 0.3) is 0 Å². The van der Waals surface area contributed by atoms with Crippen LogP contribution in [0.4, 0.5) is 0 Å². The molecular formula is C8H16O4S. The van der Waals surface area contributed by atoms with Crippen molar-refractivity contribution < 1.29 is 19.7 Å². The summed E-state index contributed by atoms with van der Waals surface area (Å²) < 4.78 is 10.5. The average Bonchev–Trinajstić information content (AvgIpc) is 2.42. The van der Waals surface area contributed by atoms with Crippen molar-refractivity contribution in [2.45, 2.75) is 37.4 Å². The molecule has 1 aliphatic heterocycles. The molecule has 0 bridgehead atoms. The number of aliphatic hydroxyl groups excluding tert-OH is 2. The van der Waals surface area contributed by atoms with Crippen molar-refractivity contribution in [3.63, 3.8) is 0 Å². The molecule has 0 radical (unpaired) electrons. The van der Waals surface area contributed by atoms with Gasteiger partial charge in [-0.1, -0.05) is 6.92 Å². The molecule has 1 heterocycles. The van der Waals surface area contributed by atoms with Gasteiger partial charge in [0, 0.05) is 19.3 Å². The first-order chi connectivity index (χ1) is 6.11. The predicted octanol–water partition coefficient (Wildman–Crippen LogP) is -0.211. The van der Waals surface area contributed by atoms with E-state index in [-0.39, 0.29) is 0 Å². The van der Waals surface area contributed by atoms with E-state index in [1.165, 1.54) is 7.11 Å². The lowest BCUT2D eigenvalue weighted by atomic mass is 10.0. The second kappa shape index (κ2) is 4.14. The highest BCUT2D eigenvalue weighted by Gasteiger charge is 2.53. The second-order valence-corrected chi connectivity index (χ2v) is 3.51. The van der Waals surface area contributed by atoms with Crippen LogP contribution >= 0.6 is 12.6 Å². The fourth-order valence-electron chi connectivity index (χ4n) is 1.61. The summed E-state index contributed by atoms with van der Waals surface area (Å²) >= 11 is 4.02. The van der Waals surface area contributed by atoms with E-state index in [0.717, 1.165) is 0 Å². The zero-order chi connectivity index (χ0) is 10.1. The highest BCUT2D eigenvalue weighted by Crippen LogP contribution is 2.34. The monoisotopic (exact) mass is 208 g/mol. The molecule has 0 saturated carbocycles. The molecule has 4 nitrogen and oxygen atoms in total. The predicted molar refractivity (Wildman–Crippen MR) is 50.8 cm³/mol. The van der Waals surface area contributed by atoms with Crippen LogP contribution in [0, 0.1) is 0 Å². The van der Waals surface area contributed by atoms with Crippen LogP contribution in [0.3, 0.4) is 0 Å². The van der Waals surface area contributed by atoms with Gasteiger partial charge in [0.1, 0.15) is 12.2 Å². The lowest BCUT2D eigenvalue weighted by Gasteiger charge is -2.28. The number of hydrogen-bond donors (Lipinski definition) is 3. The molecule has 4 unspecified atom stereocenters. The minimum Gasteiger partial charge on any atom is -0.387 e. The summed E-state index contributed by atoms with van der Waals surface area (Å²) in [4.78, 5) is 0. The quantitative estimate of drug-likeness (QED) is 0.562. The van der Waals surface area contributed by atoms with Gasteiger partial charge in [0.2, 0.25) is 0 Å². The molecule has 78 valence electrons. The topological polar surface area (TPSA) is 58.9 Å². The summed E-state index contributed by atoms with van der Waals surface area (Å²) in [5, 5.41) is 19.2. The first-order valence-electron chi connectivity index (χ1n) is 4.31. The van der Waals surface area contributed by atoms with E-state index in [4.69, 9.17) is 9.47 Å². The number of ether oxygens (including phenoxy) is 2. The molecule has 0 aromatic carbocycles. The molecule has 0 aliphatic carbocycles. The van der Waals surface area contributed by atoms with E-state index in [0.29, 0.717) is 12.2 Å². The molecule has 1 saturated heterocycles. The zero-order valence-electron chi connectivity index (χ0n) is 7.80. The highest BCUT2D eigenvalue weighted by molar-refractivity contribution is 7.80. The number of aliphatic hydroxyl groups is 2. The van der Waals surface area contributed by atoms with Gasteiger partial charge in [-0.2, -0.15) is 12.6 Å². The van der Waals surface area contributed by atoms with Gasteiger partial charge in [-0.05, 0) is 0 Å². The summed E-state index contributed by atoms with van der Waals surface area (Å²) in [5.41, 5.74) is 0. The lowest BCUT2D eigenvalue weighted by molar-refractivity contribution is -0.243. The van der Waals surface area contributed by atoms with E-state index in [1.54, 1.807) is 0 Å². The van der Waals surface area contributed by atoms with E-state index >= 15 is 0 Å². The third kappa shape index (κ3) is 1.71. The Hall–Kier alpha value is 0.190. The Morgan fingerprint density at radius 2 is 2.15 bits per heavy atom. The molecule has 1 aliphatic rings. The minimum atomic E-state index is -1.06. The van der Waals surface area contributed by atoms with E-state index in [9.17, 15) is 10.2 Å². The molecule has 1 fully saturated rings. The van der Waals surface area contributed by atoms with Gasteiger partial charge >= 0.3 is 0 Å². The van der Waals surface area contributed by atoms with Crippen LogP contribution in [-0.2, 0) is 9.47 Å². The normalized spacial score (nSPS) is 45.5. The van der Waals surface area contributed by atoms with Crippen molar-refractivity contribution in [2.24, 2.45) is 0 Å². The Morgan fingerprint density at radius 3 is 2.38 bits per heavy atom. The van der Waals surface area contributed by atoms with E-state index < -0.39 is 24.1 Å². The molecule has 1 rings (SSSR count). The van der Waals surface area contributed by atoms with Crippen LogP contribution in [0.5, 0.6) is 0 Å². The van der Waals surface area contributed by atoms with Crippen molar-refractivity contribution in [2.75, 3.05) is 12.9 Å². The largest absolute Gasteiger partial charge is 0.387 e. The zero-order valence-corrected chi connectivity index (χ0v) is 8.70. The Bertz CT molecular complexity index is 172. The molecule has 13 heavy (non-hydrogen) atoms.